The minimum atomic E-state index is -0.649. The molecule has 2 fully saturated rings. The number of piperidine rings is 1. The minimum Gasteiger partial charge on any atom is -0.392 e. The average Bonchev–Trinajstić information content (AvgIpc) is 3.34. The highest BCUT2D eigenvalue weighted by molar-refractivity contribution is 5.99. The maximum atomic E-state index is 13.1. The Morgan fingerprint density at radius 1 is 1.33 bits per heavy atom. The van der Waals surface area contributed by atoms with Crippen molar-refractivity contribution in [3.05, 3.63) is 30.1 Å². The van der Waals surface area contributed by atoms with E-state index in [-0.39, 0.29) is 36.2 Å². The van der Waals surface area contributed by atoms with Crippen LogP contribution in [0.15, 0.2) is 24.4 Å². The molecule has 27 heavy (non-hydrogen) atoms. The molecule has 2 aliphatic rings. The van der Waals surface area contributed by atoms with Crippen LogP contribution in [-0.2, 0) is 4.79 Å². The normalized spacial score (nSPS) is 25.3. The van der Waals surface area contributed by atoms with Crippen LogP contribution in [0.2, 0.25) is 0 Å². The van der Waals surface area contributed by atoms with E-state index >= 15 is 0 Å². The average molecular weight is 371 g/mol. The first kappa shape index (κ1) is 17.9. The first-order valence-corrected chi connectivity index (χ1v) is 9.52. The number of hydrogen-bond acceptors (Lipinski definition) is 5. The maximum absolute atomic E-state index is 13.1. The number of carbonyl (C=O) groups is 2. The summed E-state index contributed by atoms with van der Waals surface area (Å²) in [4.78, 5) is 27.2. The molecule has 4 atom stereocenters. The lowest BCUT2D eigenvalue weighted by atomic mass is 10.0. The molecule has 2 aromatic rings. The number of amides is 2. The Labute approximate surface area is 157 Å². The third kappa shape index (κ3) is 3.29. The van der Waals surface area contributed by atoms with Gasteiger partial charge in [-0.25, -0.2) is 4.52 Å². The molecule has 1 unspecified atom stereocenters. The van der Waals surface area contributed by atoms with Crippen molar-refractivity contribution in [2.45, 2.75) is 51.3 Å². The van der Waals surface area contributed by atoms with Gasteiger partial charge >= 0.3 is 0 Å². The number of hydrogen-bond donors (Lipinski definition) is 2. The number of nitrogens with zero attached hydrogens (tertiary/aromatic N) is 4. The van der Waals surface area contributed by atoms with Crippen molar-refractivity contribution in [2.75, 3.05) is 6.54 Å². The zero-order valence-electron chi connectivity index (χ0n) is 15.6. The third-order valence-electron chi connectivity index (χ3n) is 5.78. The topological polar surface area (TPSA) is 99.8 Å². The van der Waals surface area contributed by atoms with Crippen LogP contribution in [0.4, 0.5) is 0 Å². The Balaban J connectivity index is 1.46. The number of carbonyl (C=O) groups excluding carboxylic acids is 2. The van der Waals surface area contributed by atoms with E-state index < -0.39 is 6.10 Å². The standard InChI is InChI=1S/C19H25N5O3/c1-11(2)16(25)9-17(26)20-13-7-12-8-15(13)23(10-12)19(27)18-14-5-3-4-6-24(14)22-21-18/h3-6,11-13,15-16,25H,7-10H2,1-2H3,(H,20,26)/t12-,13-,15-,16?/m1/s1. The summed E-state index contributed by atoms with van der Waals surface area (Å²) in [5.41, 5.74) is 1.04. The van der Waals surface area contributed by atoms with Gasteiger partial charge in [-0.05, 0) is 36.8 Å². The first-order valence-electron chi connectivity index (χ1n) is 9.52. The van der Waals surface area contributed by atoms with Crippen molar-refractivity contribution in [1.82, 2.24) is 25.0 Å². The van der Waals surface area contributed by atoms with Crippen LogP contribution in [-0.4, -0.2) is 61.4 Å². The van der Waals surface area contributed by atoms with Crippen LogP contribution in [0.3, 0.4) is 0 Å². The predicted octanol–water partition coefficient (Wildman–Crippen LogP) is 0.856. The summed E-state index contributed by atoms with van der Waals surface area (Å²) in [6.07, 6.45) is 2.97. The number of aliphatic hydroxyl groups excluding tert-OH is 1. The molecular weight excluding hydrogens is 346 g/mol. The van der Waals surface area contributed by atoms with Crippen LogP contribution >= 0.6 is 0 Å². The molecule has 2 N–H and O–H groups in total. The monoisotopic (exact) mass is 371 g/mol. The van der Waals surface area contributed by atoms with Gasteiger partial charge in [0.1, 0.15) is 0 Å². The van der Waals surface area contributed by atoms with Gasteiger partial charge in [0.15, 0.2) is 5.69 Å². The number of likely N-dealkylation sites (tertiary alicyclic amines) is 1. The quantitative estimate of drug-likeness (QED) is 0.812. The van der Waals surface area contributed by atoms with Gasteiger partial charge in [-0.2, -0.15) is 0 Å². The molecule has 8 nitrogen and oxygen atoms in total. The van der Waals surface area contributed by atoms with Gasteiger partial charge in [0.25, 0.3) is 5.91 Å². The van der Waals surface area contributed by atoms with E-state index in [2.05, 4.69) is 15.6 Å². The lowest BCUT2D eigenvalue weighted by Crippen LogP contribution is -2.52. The van der Waals surface area contributed by atoms with Gasteiger partial charge in [-0.3, -0.25) is 9.59 Å². The lowest BCUT2D eigenvalue weighted by Gasteiger charge is -2.33. The number of nitrogens with one attached hydrogen (secondary N) is 1. The van der Waals surface area contributed by atoms with Crippen molar-refractivity contribution in [3.8, 4) is 0 Å². The molecule has 0 spiro atoms. The molecule has 0 radical (unpaired) electrons. The number of rotatable bonds is 5. The van der Waals surface area contributed by atoms with E-state index in [0.29, 0.717) is 23.7 Å². The van der Waals surface area contributed by atoms with E-state index in [1.54, 1.807) is 10.7 Å². The molecule has 144 valence electrons. The smallest absolute Gasteiger partial charge is 0.277 e. The highest BCUT2D eigenvalue weighted by Gasteiger charge is 2.48. The summed E-state index contributed by atoms with van der Waals surface area (Å²) in [7, 11) is 0. The molecule has 1 saturated carbocycles. The van der Waals surface area contributed by atoms with Gasteiger partial charge in [0.05, 0.1) is 24.1 Å². The molecule has 8 heteroatoms. The molecule has 2 amide bonds. The van der Waals surface area contributed by atoms with E-state index in [4.69, 9.17) is 0 Å². The summed E-state index contributed by atoms with van der Waals surface area (Å²) in [5, 5.41) is 21.0. The summed E-state index contributed by atoms with van der Waals surface area (Å²) in [6, 6.07) is 5.43. The van der Waals surface area contributed by atoms with Crippen LogP contribution in [0.5, 0.6) is 0 Å². The highest BCUT2D eigenvalue weighted by Crippen LogP contribution is 2.38. The number of aromatic nitrogens is 3. The molecular formula is C19H25N5O3. The molecule has 4 rings (SSSR count). The fourth-order valence-electron chi connectivity index (χ4n) is 4.24. The molecule has 2 aromatic heterocycles. The fraction of sp³-hybridized carbons (Fsp3) is 0.579. The minimum absolute atomic E-state index is 0.0249. The molecule has 1 saturated heterocycles. The second-order valence-corrected chi connectivity index (χ2v) is 8.02. The Morgan fingerprint density at radius 2 is 2.15 bits per heavy atom. The van der Waals surface area contributed by atoms with E-state index in [9.17, 15) is 14.7 Å². The number of aliphatic hydroxyl groups is 1. The molecule has 2 bridgehead atoms. The SMILES string of the molecule is CC(C)C(O)CC(=O)N[C@@H]1C[C@@H]2C[C@H]1N(C(=O)c1nnn3ccccc13)C2. The van der Waals surface area contributed by atoms with Gasteiger partial charge in [-0.1, -0.05) is 25.1 Å². The van der Waals surface area contributed by atoms with Crippen LogP contribution in [0, 0.1) is 11.8 Å². The van der Waals surface area contributed by atoms with Gasteiger partial charge in [-0.15, -0.1) is 5.10 Å². The van der Waals surface area contributed by atoms with Crippen molar-refractivity contribution in [3.63, 3.8) is 0 Å². The van der Waals surface area contributed by atoms with Crippen LogP contribution in [0.25, 0.3) is 5.52 Å². The summed E-state index contributed by atoms with van der Waals surface area (Å²) >= 11 is 0. The summed E-state index contributed by atoms with van der Waals surface area (Å²) in [6.45, 7) is 4.47. The Morgan fingerprint density at radius 3 is 2.89 bits per heavy atom. The second-order valence-electron chi connectivity index (χ2n) is 8.02. The molecule has 1 aliphatic heterocycles. The van der Waals surface area contributed by atoms with E-state index in [1.165, 1.54) is 0 Å². The second kappa shape index (κ2) is 6.92. The maximum Gasteiger partial charge on any atom is 0.277 e. The Hall–Kier alpha value is -2.48. The van der Waals surface area contributed by atoms with Crippen molar-refractivity contribution >= 4 is 17.3 Å². The van der Waals surface area contributed by atoms with Crippen molar-refractivity contribution < 1.29 is 14.7 Å². The van der Waals surface area contributed by atoms with Crippen LogP contribution < -0.4 is 5.32 Å². The molecule has 3 heterocycles. The highest BCUT2D eigenvalue weighted by atomic mass is 16.3. The van der Waals surface area contributed by atoms with Crippen molar-refractivity contribution in [2.24, 2.45) is 11.8 Å². The van der Waals surface area contributed by atoms with Gasteiger partial charge in [0, 0.05) is 18.8 Å². The zero-order chi connectivity index (χ0) is 19.1. The van der Waals surface area contributed by atoms with E-state index in [0.717, 1.165) is 12.8 Å². The molecule has 1 aliphatic carbocycles. The summed E-state index contributed by atoms with van der Waals surface area (Å²) < 4.78 is 1.59. The lowest BCUT2D eigenvalue weighted by molar-refractivity contribution is -0.124. The first-order chi connectivity index (χ1) is 12.9. The zero-order valence-corrected chi connectivity index (χ0v) is 15.6. The third-order valence-corrected chi connectivity index (χ3v) is 5.78. The van der Waals surface area contributed by atoms with Crippen LogP contribution in [0.1, 0.15) is 43.6 Å². The summed E-state index contributed by atoms with van der Waals surface area (Å²) in [5.74, 6) is 0.136. The van der Waals surface area contributed by atoms with Crippen molar-refractivity contribution in [1.29, 1.82) is 0 Å². The molecule has 0 aromatic carbocycles. The Kier molecular flexibility index (Phi) is 4.59. The predicted molar refractivity (Wildman–Crippen MR) is 97.9 cm³/mol. The van der Waals surface area contributed by atoms with Gasteiger partial charge in [0.2, 0.25) is 5.91 Å². The van der Waals surface area contributed by atoms with Gasteiger partial charge < -0.3 is 15.3 Å². The fourth-order valence-corrected chi connectivity index (χ4v) is 4.24. The number of pyridine rings is 1. The largest absolute Gasteiger partial charge is 0.392 e. The van der Waals surface area contributed by atoms with E-state index in [1.807, 2.05) is 36.9 Å². The Bertz CT molecular complexity index is 864. The number of fused-ring (bicyclic) bond motifs is 3.